The van der Waals surface area contributed by atoms with Crippen LogP contribution in [-0.4, -0.2) is 30.5 Å². The van der Waals surface area contributed by atoms with Gasteiger partial charge in [0.25, 0.3) is 0 Å². The molecule has 8 heteroatoms. The average molecular weight is 416 g/mol. The summed E-state index contributed by atoms with van der Waals surface area (Å²) in [5.74, 6) is -0.792. The van der Waals surface area contributed by atoms with E-state index in [0.29, 0.717) is 12.3 Å². The van der Waals surface area contributed by atoms with Crippen LogP contribution >= 0.6 is 0 Å². The Morgan fingerprint density at radius 2 is 1.93 bits per heavy atom. The topological polar surface area (TPSA) is 91.4 Å². The Morgan fingerprint density at radius 3 is 2.55 bits per heavy atom. The second kappa shape index (κ2) is 8.65. The molecular formula is C21H24N2O5S. The van der Waals surface area contributed by atoms with Crippen molar-refractivity contribution < 1.29 is 22.4 Å². The van der Waals surface area contributed by atoms with E-state index in [0.717, 1.165) is 11.3 Å². The predicted molar refractivity (Wildman–Crippen MR) is 107 cm³/mol. The predicted octanol–water partition coefficient (Wildman–Crippen LogP) is 3.51. The molecule has 3 aromatic rings. The van der Waals surface area contributed by atoms with Gasteiger partial charge in [0.15, 0.2) is 9.84 Å². The second-order valence-electron chi connectivity index (χ2n) is 7.14. The molecule has 0 N–H and O–H groups in total. The molecule has 0 radical (unpaired) electrons. The van der Waals surface area contributed by atoms with Crippen LogP contribution in [0.3, 0.4) is 0 Å². The van der Waals surface area contributed by atoms with E-state index in [2.05, 4.69) is 4.98 Å². The molecule has 0 aliphatic rings. The number of ether oxygens (including phenoxy) is 1. The normalized spacial score (nSPS) is 11.7. The number of aromatic nitrogens is 2. The van der Waals surface area contributed by atoms with Crippen LogP contribution in [0.1, 0.15) is 47.1 Å². The zero-order valence-corrected chi connectivity index (χ0v) is 17.5. The highest BCUT2D eigenvalue weighted by atomic mass is 32.2. The number of carbonyl (C=O) groups excluding carboxylic acids is 1. The van der Waals surface area contributed by atoms with Crippen LogP contribution in [0.2, 0.25) is 0 Å². The number of hydrogen-bond acceptors (Lipinski definition) is 6. The highest BCUT2D eigenvalue weighted by Gasteiger charge is 2.23. The lowest BCUT2D eigenvalue weighted by Gasteiger charge is -2.08. The first-order valence-corrected chi connectivity index (χ1v) is 10.9. The number of rotatable bonds is 8. The largest absolute Gasteiger partial charge is 0.459 e. The summed E-state index contributed by atoms with van der Waals surface area (Å²) in [6.07, 6.45) is 5.16. The third kappa shape index (κ3) is 4.95. The highest BCUT2D eigenvalue weighted by molar-refractivity contribution is 7.90. The van der Waals surface area contributed by atoms with Crippen LogP contribution < -0.4 is 0 Å². The minimum Gasteiger partial charge on any atom is -0.459 e. The molecule has 2 heterocycles. The van der Waals surface area contributed by atoms with Gasteiger partial charge in [-0.3, -0.25) is 0 Å². The maximum atomic E-state index is 12.8. The molecule has 7 nitrogen and oxygen atoms in total. The van der Waals surface area contributed by atoms with Crippen molar-refractivity contribution in [3.8, 4) is 0 Å². The Kier molecular flexibility index (Phi) is 6.22. The Labute approximate surface area is 170 Å². The fraction of sp³-hybridized carbons (Fsp3) is 0.333. The van der Waals surface area contributed by atoms with Gasteiger partial charge in [-0.2, -0.15) is 0 Å². The summed E-state index contributed by atoms with van der Waals surface area (Å²) < 4.78 is 37.8. The van der Waals surface area contributed by atoms with Crippen molar-refractivity contribution in [2.75, 3.05) is 6.61 Å². The Bertz CT molecular complexity index is 1080. The van der Waals surface area contributed by atoms with Crippen molar-refractivity contribution in [1.29, 1.82) is 0 Å². The molecule has 0 amide bonds. The number of aryl methyl sites for hydroxylation is 1. The van der Waals surface area contributed by atoms with Crippen molar-refractivity contribution in [2.45, 2.75) is 36.8 Å². The van der Waals surface area contributed by atoms with Crippen LogP contribution in [0.25, 0.3) is 0 Å². The van der Waals surface area contributed by atoms with Gasteiger partial charge in [-0.25, -0.2) is 18.2 Å². The van der Waals surface area contributed by atoms with Gasteiger partial charge in [-0.15, -0.1) is 0 Å². The quantitative estimate of drug-likeness (QED) is 0.522. The maximum absolute atomic E-state index is 12.8. The monoisotopic (exact) mass is 416 g/mol. The summed E-state index contributed by atoms with van der Waals surface area (Å²) in [5, 5.41) is 0. The van der Waals surface area contributed by atoms with Crippen LogP contribution in [-0.2, 0) is 33.8 Å². The lowest BCUT2D eigenvalue weighted by atomic mass is 10.0. The first-order chi connectivity index (χ1) is 13.8. The van der Waals surface area contributed by atoms with Crippen molar-refractivity contribution in [3.05, 3.63) is 71.7 Å². The number of imidazole rings is 1. The minimum absolute atomic E-state index is 0.0858. The van der Waals surface area contributed by atoms with Gasteiger partial charge in [-0.1, -0.05) is 26.0 Å². The maximum Gasteiger partial charge on any atom is 0.374 e. The van der Waals surface area contributed by atoms with Crippen LogP contribution in [0.5, 0.6) is 0 Å². The fourth-order valence-electron chi connectivity index (χ4n) is 2.92. The van der Waals surface area contributed by atoms with Gasteiger partial charge < -0.3 is 13.7 Å². The molecule has 0 aliphatic heterocycles. The van der Waals surface area contributed by atoms with Crippen molar-refractivity contribution in [3.63, 3.8) is 0 Å². The number of carbonyl (C=O) groups is 1. The first kappa shape index (κ1) is 20.9. The molecule has 0 saturated carbocycles. The molecule has 0 unspecified atom stereocenters. The molecule has 29 heavy (non-hydrogen) atoms. The molecule has 154 valence electrons. The molecule has 2 aromatic heterocycles. The summed E-state index contributed by atoms with van der Waals surface area (Å²) in [4.78, 5) is 16.6. The fourth-order valence-corrected chi connectivity index (χ4v) is 4.27. The van der Waals surface area contributed by atoms with Gasteiger partial charge >= 0.3 is 5.97 Å². The van der Waals surface area contributed by atoms with E-state index in [9.17, 15) is 13.2 Å². The summed E-state index contributed by atoms with van der Waals surface area (Å²) in [7, 11) is -1.77. The van der Waals surface area contributed by atoms with Crippen LogP contribution in [0.4, 0.5) is 0 Å². The molecule has 0 aliphatic carbocycles. The van der Waals surface area contributed by atoms with Crippen molar-refractivity contribution >= 4 is 15.8 Å². The van der Waals surface area contributed by atoms with Crippen LogP contribution in [0.15, 0.2) is 58.4 Å². The van der Waals surface area contributed by atoms with E-state index in [1.807, 2.05) is 25.5 Å². The molecule has 0 saturated heterocycles. The molecule has 0 bridgehead atoms. The summed E-state index contributed by atoms with van der Waals surface area (Å²) in [6, 6.07) is 8.28. The molecule has 0 atom stereocenters. The summed E-state index contributed by atoms with van der Waals surface area (Å²) in [5.41, 5.74) is 2.26. The van der Waals surface area contributed by atoms with E-state index in [-0.39, 0.29) is 28.6 Å². The second-order valence-corrected chi connectivity index (χ2v) is 9.13. The lowest BCUT2D eigenvalue weighted by Crippen LogP contribution is -2.12. The molecule has 1 aromatic carbocycles. The molecular weight excluding hydrogens is 392 g/mol. The van der Waals surface area contributed by atoms with E-state index < -0.39 is 15.8 Å². The average Bonchev–Trinajstić information content (AvgIpc) is 3.30. The van der Waals surface area contributed by atoms with Gasteiger partial charge in [0.2, 0.25) is 5.76 Å². The van der Waals surface area contributed by atoms with Gasteiger partial charge in [0, 0.05) is 30.9 Å². The Morgan fingerprint density at radius 1 is 1.21 bits per heavy atom. The zero-order valence-electron chi connectivity index (χ0n) is 16.7. The number of nitrogens with zero attached hydrogens (tertiary/aromatic N) is 2. The third-order valence-corrected chi connectivity index (χ3v) is 6.37. The van der Waals surface area contributed by atoms with E-state index in [4.69, 9.17) is 9.15 Å². The number of benzene rings is 1. The van der Waals surface area contributed by atoms with E-state index in [1.165, 1.54) is 12.3 Å². The first-order valence-electron chi connectivity index (χ1n) is 9.29. The molecule has 0 fully saturated rings. The Balaban J connectivity index is 1.67. The van der Waals surface area contributed by atoms with Gasteiger partial charge in [0.05, 0.1) is 29.8 Å². The summed E-state index contributed by atoms with van der Waals surface area (Å²) >= 11 is 0. The molecule has 0 spiro atoms. The number of furan rings is 1. The van der Waals surface area contributed by atoms with E-state index >= 15 is 0 Å². The smallest absolute Gasteiger partial charge is 0.374 e. The van der Waals surface area contributed by atoms with Crippen molar-refractivity contribution in [1.82, 2.24) is 9.55 Å². The van der Waals surface area contributed by atoms with Gasteiger partial charge in [0.1, 0.15) is 0 Å². The van der Waals surface area contributed by atoms with E-state index in [1.54, 1.807) is 36.8 Å². The number of esters is 1. The number of sulfone groups is 1. The lowest BCUT2D eigenvalue weighted by molar-refractivity contribution is 0.0470. The highest BCUT2D eigenvalue weighted by Crippen LogP contribution is 2.23. The Hall–Kier alpha value is -2.87. The van der Waals surface area contributed by atoms with Crippen LogP contribution in [0, 0.1) is 0 Å². The minimum atomic E-state index is -3.62. The third-order valence-electron chi connectivity index (χ3n) is 4.69. The summed E-state index contributed by atoms with van der Waals surface area (Å²) in [6.45, 7) is 4.23. The van der Waals surface area contributed by atoms with Crippen molar-refractivity contribution in [2.24, 2.45) is 7.05 Å². The SMILES string of the molecule is CC(C)c1ccc(S(=O)(=O)Cc2ccoc2C(=O)OCCc2cncn2C)cc1. The standard InChI is InChI=1S/C21H24N2O5S/c1-15(2)16-4-6-19(7-5-16)29(25,26)13-17-8-10-27-20(17)21(24)28-11-9-18-12-22-14-23(18)3/h4-8,10,12,14-15H,9,11,13H2,1-3H3. The number of hydrogen-bond donors (Lipinski definition) is 0. The zero-order chi connectivity index (χ0) is 21.0. The molecule has 3 rings (SSSR count). The van der Waals surface area contributed by atoms with Gasteiger partial charge in [-0.05, 0) is 29.7 Å².